The van der Waals surface area contributed by atoms with E-state index in [-0.39, 0.29) is 11.5 Å². The molecule has 23 heavy (non-hydrogen) atoms. The van der Waals surface area contributed by atoms with Crippen LogP contribution < -0.4 is 5.56 Å². The van der Waals surface area contributed by atoms with Crippen molar-refractivity contribution in [2.45, 2.75) is 32.6 Å². The highest BCUT2D eigenvalue weighted by atomic mass is 32.1. The summed E-state index contributed by atoms with van der Waals surface area (Å²) in [5.41, 5.74) is 1.40. The summed E-state index contributed by atoms with van der Waals surface area (Å²) in [5.74, 6) is 0.244. The molecule has 0 spiro atoms. The third-order valence-corrected chi connectivity index (χ3v) is 5.69. The van der Waals surface area contributed by atoms with E-state index in [0.717, 1.165) is 30.1 Å². The van der Waals surface area contributed by atoms with Crippen LogP contribution in [0.25, 0.3) is 0 Å². The molecule has 0 saturated carbocycles. The van der Waals surface area contributed by atoms with Gasteiger partial charge in [-0.2, -0.15) is 0 Å². The summed E-state index contributed by atoms with van der Waals surface area (Å²) >= 11 is 1.73. The highest BCUT2D eigenvalue weighted by Gasteiger charge is 2.27. The molecular formula is C17H21N3O2S. The second-order valence-corrected chi connectivity index (χ2v) is 7.38. The number of rotatable bonds is 2. The number of carbonyl (C=O) groups is 1. The van der Waals surface area contributed by atoms with E-state index in [4.69, 9.17) is 0 Å². The van der Waals surface area contributed by atoms with Crippen molar-refractivity contribution in [3.8, 4) is 0 Å². The van der Waals surface area contributed by atoms with Crippen molar-refractivity contribution in [1.29, 1.82) is 0 Å². The Labute approximate surface area is 139 Å². The molecule has 1 aliphatic heterocycles. The Morgan fingerprint density at radius 2 is 2.17 bits per heavy atom. The number of piperidine rings is 1. The number of likely N-dealkylation sites (tertiary alicyclic amines) is 1. The van der Waals surface area contributed by atoms with E-state index in [1.54, 1.807) is 30.6 Å². The molecule has 0 bridgehead atoms. The Morgan fingerprint density at radius 3 is 2.83 bits per heavy atom. The van der Waals surface area contributed by atoms with Gasteiger partial charge in [0.2, 0.25) is 0 Å². The van der Waals surface area contributed by atoms with Gasteiger partial charge in [0.15, 0.2) is 0 Å². The zero-order valence-electron chi connectivity index (χ0n) is 13.7. The topological polar surface area (TPSA) is 55.2 Å². The van der Waals surface area contributed by atoms with Crippen molar-refractivity contribution in [2.75, 3.05) is 13.1 Å². The molecule has 0 radical (unpaired) electrons. The molecule has 0 N–H and O–H groups in total. The average molecular weight is 331 g/mol. The summed E-state index contributed by atoms with van der Waals surface area (Å²) in [6.07, 6.45) is 3.68. The Morgan fingerprint density at radius 1 is 1.39 bits per heavy atom. The minimum atomic E-state index is -0.157. The van der Waals surface area contributed by atoms with Crippen LogP contribution in [-0.2, 0) is 7.05 Å². The van der Waals surface area contributed by atoms with Gasteiger partial charge in [-0.1, -0.05) is 0 Å². The minimum absolute atomic E-state index is 0.0580. The van der Waals surface area contributed by atoms with Gasteiger partial charge in [-0.3, -0.25) is 9.59 Å². The maximum absolute atomic E-state index is 12.7. The third kappa shape index (κ3) is 3.22. The smallest absolute Gasteiger partial charge is 0.254 e. The number of amides is 1. The molecule has 1 atom stereocenters. The molecule has 6 heteroatoms. The SMILES string of the molecule is Cc1nc(C2CCCN(C(=O)c3ccn(C)c(=O)c3)C2)sc1C. The van der Waals surface area contributed by atoms with Crippen LogP contribution in [0, 0.1) is 13.8 Å². The Hall–Kier alpha value is -1.95. The van der Waals surface area contributed by atoms with Crippen LogP contribution >= 0.6 is 11.3 Å². The number of aromatic nitrogens is 2. The van der Waals surface area contributed by atoms with E-state index < -0.39 is 0 Å². The number of hydrogen-bond acceptors (Lipinski definition) is 4. The van der Waals surface area contributed by atoms with Crippen LogP contribution in [0.1, 0.15) is 44.7 Å². The molecule has 3 heterocycles. The molecule has 1 aliphatic rings. The van der Waals surface area contributed by atoms with Gasteiger partial charge in [0.05, 0.1) is 10.7 Å². The predicted octanol–water partition coefficient (Wildman–Crippen LogP) is 2.48. The van der Waals surface area contributed by atoms with Gasteiger partial charge in [0, 0.05) is 48.8 Å². The molecule has 5 nitrogen and oxygen atoms in total. The Balaban J connectivity index is 1.78. The number of aryl methyl sites for hydroxylation is 3. The Bertz CT molecular complexity index is 774. The second kappa shape index (κ2) is 6.28. The lowest BCUT2D eigenvalue weighted by atomic mass is 9.98. The van der Waals surface area contributed by atoms with Crippen molar-refractivity contribution in [3.63, 3.8) is 0 Å². The lowest BCUT2D eigenvalue weighted by molar-refractivity contribution is 0.0706. The van der Waals surface area contributed by atoms with Gasteiger partial charge in [-0.05, 0) is 32.8 Å². The molecule has 122 valence electrons. The quantitative estimate of drug-likeness (QED) is 0.849. The molecule has 1 unspecified atom stereocenters. The molecule has 1 amide bonds. The third-order valence-electron chi connectivity index (χ3n) is 4.45. The van der Waals surface area contributed by atoms with E-state index >= 15 is 0 Å². The summed E-state index contributed by atoms with van der Waals surface area (Å²) in [6, 6.07) is 3.13. The summed E-state index contributed by atoms with van der Waals surface area (Å²) in [5, 5.41) is 1.13. The first-order valence-electron chi connectivity index (χ1n) is 7.85. The Kier molecular flexibility index (Phi) is 4.35. The summed E-state index contributed by atoms with van der Waals surface area (Å²) in [7, 11) is 1.68. The molecule has 2 aromatic heterocycles. The van der Waals surface area contributed by atoms with Gasteiger partial charge in [0.25, 0.3) is 11.5 Å². The number of carbonyl (C=O) groups excluding carboxylic acids is 1. The zero-order valence-corrected chi connectivity index (χ0v) is 14.5. The van der Waals surface area contributed by atoms with Gasteiger partial charge in [-0.25, -0.2) is 4.98 Å². The van der Waals surface area contributed by atoms with E-state index in [1.807, 2.05) is 11.8 Å². The molecular weight excluding hydrogens is 310 g/mol. The van der Waals surface area contributed by atoms with Gasteiger partial charge < -0.3 is 9.47 Å². The molecule has 0 aromatic carbocycles. The lowest BCUT2D eigenvalue weighted by Gasteiger charge is -2.32. The summed E-state index contributed by atoms with van der Waals surface area (Å²) in [4.78, 5) is 32.2. The van der Waals surface area contributed by atoms with E-state index in [2.05, 4.69) is 11.9 Å². The van der Waals surface area contributed by atoms with Crippen molar-refractivity contribution in [2.24, 2.45) is 7.05 Å². The minimum Gasteiger partial charge on any atom is -0.338 e. The maximum Gasteiger partial charge on any atom is 0.254 e. The standard InChI is InChI=1S/C17H21N3O2S/c1-11-12(2)23-16(18-11)14-5-4-7-20(10-14)17(22)13-6-8-19(3)15(21)9-13/h6,8-9,14H,4-5,7,10H2,1-3H3. The lowest BCUT2D eigenvalue weighted by Crippen LogP contribution is -2.39. The van der Waals surface area contributed by atoms with Gasteiger partial charge in [-0.15, -0.1) is 11.3 Å². The van der Waals surface area contributed by atoms with E-state index in [0.29, 0.717) is 18.0 Å². The monoisotopic (exact) mass is 331 g/mol. The van der Waals surface area contributed by atoms with Crippen LogP contribution in [0.5, 0.6) is 0 Å². The zero-order chi connectivity index (χ0) is 16.6. The number of nitrogens with zero attached hydrogens (tertiary/aromatic N) is 3. The molecule has 2 aromatic rings. The van der Waals surface area contributed by atoms with Crippen molar-refractivity contribution >= 4 is 17.2 Å². The molecule has 1 saturated heterocycles. The highest BCUT2D eigenvalue weighted by molar-refractivity contribution is 7.11. The van der Waals surface area contributed by atoms with Crippen LogP contribution in [0.4, 0.5) is 0 Å². The van der Waals surface area contributed by atoms with Crippen LogP contribution in [-0.4, -0.2) is 33.4 Å². The van der Waals surface area contributed by atoms with Crippen LogP contribution in [0.15, 0.2) is 23.1 Å². The average Bonchev–Trinajstić information content (AvgIpc) is 2.89. The molecule has 1 fully saturated rings. The highest BCUT2D eigenvalue weighted by Crippen LogP contribution is 2.31. The fraction of sp³-hybridized carbons (Fsp3) is 0.471. The molecule has 0 aliphatic carbocycles. The van der Waals surface area contributed by atoms with Gasteiger partial charge in [0.1, 0.15) is 0 Å². The van der Waals surface area contributed by atoms with Crippen molar-refractivity contribution < 1.29 is 4.79 Å². The van der Waals surface area contributed by atoms with Crippen molar-refractivity contribution in [1.82, 2.24) is 14.5 Å². The van der Waals surface area contributed by atoms with Gasteiger partial charge >= 0.3 is 0 Å². The number of thiazole rings is 1. The fourth-order valence-corrected chi connectivity index (χ4v) is 3.95. The summed E-state index contributed by atoms with van der Waals surface area (Å²) < 4.78 is 1.47. The molecule has 3 rings (SSSR count). The first-order chi connectivity index (χ1) is 11.0. The second-order valence-electron chi connectivity index (χ2n) is 6.15. The first-order valence-corrected chi connectivity index (χ1v) is 8.67. The van der Waals surface area contributed by atoms with Crippen LogP contribution in [0.3, 0.4) is 0 Å². The van der Waals surface area contributed by atoms with E-state index in [1.165, 1.54) is 15.5 Å². The predicted molar refractivity (Wildman–Crippen MR) is 91.1 cm³/mol. The fourth-order valence-electron chi connectivity index (χ4n) is 2.90. The largest absolute Gasteiger partial charge is 0.338 e. The summed E-state index contributed by atoms with van der Waals surface area (Å²) in [6.45, 7) is 5.54. The first kappa shape index (κ1) is 15.9. The van der Waals surface area contributed by atoms with Crippen LogP contribution in [0.2, 0.25) is 0 Å². The normalized spacial score (nSPS) is 18.2. The number of pyridine rings is 1. The van der Waals surface area contributed by atoms with Crippen molar-refractivity contribution in [3.05, 3.63) is 49.8 Å². The maximum atomic E-state index is 12.7. The number of hydrogen-bond donors (Lipinski definition) is 0. The van der Waals surface area contributed by atoms with E-state index in [9.17, 15) is 9.59 Å².